The van der Waals surface area contributed by atoms with Crippen molar-refractivity contribution in [3.05, 3.63) is 75.3 Å². The zero-order valence-electron chi connectivity index (χ0n) is 16.1. The molecule has 2 aromatic carbocycles. The first-order valence-corrected chi connectivity index (χ1v) is 9.76. The number of halogens is 6. The maximum absolute atomic E-state index is 14.4. The first-order valence-electron chi connectivity index (χ1n) is 9.01. The zero-order chi connectivity index (χ0) is 21.6. The van der Waals surface area contributed by atoms with E-state index in [-0.39, 0.29) is 22.9 Å². The van der Waals surface area contributed by atoms with Gasteiger partial charge in [0.05, 0.1) is 7.11 Å². The van der Waals surface area contributed by atoms with Gasteiger partial charge in [0.25, 0.3) is 0 Å². The molecule has 0 amide bonds. The van der Waals surface area contributed by atoms with Gasteiger partial charge in [0.15, 0.2) is 23.3 Å². The Morgan fingerprint density at radius 1 is 1.00 bits per heavy atom. The smallest absolute Gasteiger partial charge is 0.165 e. The van der Waals surface area contributed by atoms with Crippen LogP contribution in [0.25, 0.3) is 0 Å². The van der Waals surface area contributed by atoms with E-state index < -0.39 is 39.7 Å². The van der Waals surface area contributed by atoms with Gasteiger partial charge in [-0.25, -0.2) is 17.6 Å². The van der Waals surface area contributed by atoms with Gasteiger partial charge in [-0.05, 0) is 53.4 Å². The minimum atomic E-state index is -1.42. The summed E-state index contributed by atoms with van der Waals surface area (Å²) in [5, 5.41) is 0. The summed E-state index contributed by atoms with van der Waals surface area (Å²) in [6.45, 7) is 3.83. The summed E-state index contributed by atoms with van der Waals surface area (Å²) < 4.78 is 61.6. The Labute approximate surface area is 177 Å². The SMILES string of the molecule is COc1ccc(CC2(Cc3c(F)c(F)cc(F)c3F)C(C=C(Cl)Cl)C2(C)C)cc1. The van der Waals surface area contributed by atoms with Gasteiger partial charge in [-0.1, -0.05) is 49.2 Å². The Kier molecular flexibility index (Phi) is 5.94. The minimum Gasteiger partial charge on any atom is -0.497 e. The van der Waals surface area contributed by atoms with E-state index in [9.17, 15) is 17.6 Å². The summed E-state index contributed by atoms with van der Waals surface area (Å²) in [7, 11) is 1.55. The molecule has 0 aliphatic heterocycles. The number of hydrogen-bond acceptors (Lipinski definition) is 1. The van der Waals surface area contributed by atoms with E-state index in [1.165, 1.54) is 0 Å². The lowest BCUT2D eigenvalue weighted by atomic mass is 9.82. The molecule has 3 rings (SSSR count). The van der Waals surface area contributed by atoms with E-state index in [0.29, 0.717) is 12.2 Å². The van der Waals surface area contributed by atoms with Crippen LogP contribution >= 0.6 is 23.2 Å². The average molecular weight is 447 g/mol. The molecule has 0 radical (unpaired) electrons. The molecule has 0 aromatic heterocycles. The number of benzene rings is 2. The van der Waals surface area contributed by atoms with Crippen molar-refractivity contribution < 1.29 is 22.3 Å². The summed E-state index contributed by atoms with van der Waals surface area (Å²) in [4.78, 5) is 0. The molecule has 156 valence electrons. The molecule has 2 aromatic rings. The van der Waals surface area contributed by atoms with Crippen molar-refractivity contribution in [2.24, 2.45) is 16.7 Å². The molecular weight excluding hydrogens is 427 g/mol. The van der Waals surface area contributed by atoms with Crippen molar-refractivity contribution in [3.63, 3.8) is 0 Å². The molecule has 1 aliphatic rings. The number of rotatable bonds is 6. The first kappa shape index (κ1) is 22.0. The van der Waals surface area contributed by atoms with Crippen LogP contribution < -0.4 is 4.74 Å². The summed E-state index contributed by atoms with van der Waals surface area (Å²) in [6.07, 6.45) is 1.82. The second-order valence-corrected chi connectivity index (χ2v) is 8.97. The van der Waals surface area contributed by atoms with Crippen molar-refractivity contribution in [3.8, 4) is 5.75 Å². The Morgan fingerprint density at radius 3 is 2.03 bits per heavy atom. The lowest BCUT2D eigenvalue weighted by molar-refractivity contribution is 0.351. The van der Waals surface area contributed by atoms with Crippen LogP contribution in [0, 0.1) is 40.0 Å². The third-order valence-electron chi connectivity index (χ3n) is 6.24. The molecule has 1 saturated carbocycles. The molecule has 7 heteroatoms. The van der Waals surface area contributed by atoms with Gasteiger partial charge < -0.3 is 4.74 Å². The van der Waals surface area contributed by atoms with Crippen LogP contribution in [0.2, 0.25) is 0 Å². The second-order valence-electron chi connectivity index (χ2n) is 7.96. The number of methoxy groups -OCH3 is 1. The summed E-state index contributed by atoms with van der Waals surface area (Å²) in [6, 6.07) is 7.46. The molecule has 0 heterocycles. The van der Waals surface area contributed by atoms with Crippen LogP contribution in [0.1, 0.15) is 25.0 Å². The van der Waals surface area contributed by atoms with E-state index in [4.69, 9.17) is 27.9 Å². The minimum absolute atomic E-state index is 0.0334. The van der Waals surface area contributed by atoms with Crippen molar-refractivity contribution >= 4 is 23.2 Å². The van der Waals surface area contributed by atoms with Crippen molar-refractivity contribution in [2.75, 3.05) is 7.11 Å². The van der Waals surface area contributed by atoms with Crippen LogP contribution in [0.15, 0.2) is 40.9 Å². The number of ether oxygens (including phenoxy) is 1. The highest BCUT2D eigenvalue weighted by molar-refractivity contribution is 6.55. The standard InChI is InChI=1S/C22H20Cl2F4O/c1-21(2)17(9-18(23)24)22(21,10-12-4-6-13(29-3)7-5-12)11-14-19(27)15(25)8-16(26)20(14)28/h4-9,17H,10-11H2,1-3H3. The molecule has 0 N–H and O–H groups in total. The van der Waals surface area contributed by atoms with E-state index in [0.717, 1.165) is 5.56 Å². The molecule has 0 spiro atoms. The third kappa shape index (κ3) is 3.87. The number of hydrogen-bond donors (Lipinski definition) is 0. The maximum atomic E-state index is 14.4. The fourth-order valence-electron chi connectivity index (χ4n) is 4.42. The number of allylic oxidation sites excluding steroid dienone is 1. The molecule has 1 aliphatic carbocycles. The maximum Gasteiger partial charge on any atom is 0.165 e. The summed E-state index contributed by atoms with van der Waals surface area (Å²) in [5.74, 6) is -5.16. The van der Waals surface area contributed by atoms with E-state index >= 15 is 0 Å². The van der Waals surface area contributed by atoms with Crippen LogP contribution in [0.3, 0.4) is 0 Å². The van der Waals surface area contributed by atoms with Crippen LogP contribution in [0.4, 0.5) is 17.6 Å². The van der Waals surface area contributed by atoms with Gasteiger partial charge in [-0.3, -0.25) is 0 Å². The van der Waals surface area contributed by atoms with Gasteiger partial charge in [-0.2, -0.15) is 0 Å². The highest BCUT2D eigenvalue weighted by Gasteiger charge is 2.69. The molecule has 29 heavy (non-hydrogen) atoms. The van der Waals surface area contributed by atoms with Crippen molar-refractivity contribution in [2.45, 2.75) is 26.7 Å². The van der Waals surface area contributed by atoms with E-state index in [1.807, 2.05) is 26.0 Å². The van der Waals surface area contributed by atoms with Gasteiger partial charge in [-0.15, -0.1) is 0 Å². The van der Waals surface area contributed by atoms with Gasteiger partial charge in [0, 0.05) is 11.6 Å². The Balaban J connectivity index is 2.07. The molecule has 1 nitrogen and oxygen atoms in total. The van der Waals surface area contributed by atoms with Crippen LogP contribution in [0.5, 0.6) is 5.75 Å². The molecule has 2 unspecified atom stereocenters. The highest BCUT2D eigenvalue weighted by atomic mass is 35.5. The first-order chi connectivity index (χ1) is 13.5. The Hall–Kier alpha value is -1.72. The van der Waals surface area contributed by atoms with Crippen LogP contribution in [-0.2, 0) is 12.8 Å². The second kappa shape index (κ2) is 7.84. The normalized spacial score (nSPS) is 22.3. The molecule has 2 atom stereocenters. The molecular formula is C22H20Cl2F4O. The third-order valence-corrected chi connectivity index (χ3v) is 6.49. The molecule has 0 saturated heterocycles. The topological polar surface area (TPSA) is 9.23 Å². The largest absolute Gasteiger partial charge is 0.497 e. The Bertz CT molecular complexity index is 926. The Morgan fingerprint density at radius 2 is 1.55 bits per heavy atom. The fourth-order valence-corrected chi connectivity index (χ4v) is 4.67. The average Bonchev–Trinajstić information content (AvgIpc) is 3.10. The van der Waals surface area contributed by atoms with E-state index in [2.05, 4.69) is 0 Å². The molecule has 1 fully saturated rings. The highest BCUT2D eigenvalue weighted by Crippen LogP contribution is 2.72. The fraction of sp³-hybridized carbons (Fsp3) is 0.364. The zero-order valence-corrected chi connectivity index (χ0v) is 17.6. The monoisotopic (exact) mass is 446 g/mol. The van der Waals surface area contributed by atoms with Gasteiger partial charge in [0.2, 0.25) is 0 Å². The lowest BCUT2D eigenvalue weighted by Crippen LogP contribution is -2.19. The predicted octanol–water partition coefficient (Wildman–Crippen LogP) is 7.00. The van der Waals surface area contributed by atoms with E-state index in [1.54, 1.807) is 25.3 Å². The van der Waals surface area contributed by atoms with Gasteiger partial charge >= 0.3 is 0 Å². The van der Waals surface area contributed by atoms with Crippen molar-refractivity contribution in [1.29, 1.82) is 0 Å². The predicted molar refractivity (Wildman–Crippen MR) is 106 cm³/mol. The lowest BCUT2D eigenvalue weighted by Gasteiger charge is -2.22. The molecule has 0 bridgehead atoms. The van der Waals surface area contributed by atoms with Crippen LogP contribution in [-0.4, -0.2) is 7.11 Å². The summed E-state index contributed by atoms with van der Waals surface area (Å²) >= 11 is 11.7. The van der Waals surface area contributed by atoms with Crippen molar-refractivity contribution in [1.82, 2.24) is 0 Å². The quantitative estimate of drug-likeness (QED) is 0.342. The summed E-state index contributed by atoms with van der Waals surface area (Å²) in [5.41, 5.74) is -0.925. The van der Waals surface area contributed by atoms with Gasteiger partial charge in [0.1, 0.15) is 10.2 Å².